The summed E-state index contributed by atoms with van der Waals surface area (Å²) in [6, 6.07) is 7.58. The number of benzene rings is 1. The second-order valence-electron chi connectivity index (χ2n) is 8.75. The highest BCUT2D eigenvalue weighted by molar-refractivity contribution is 5.87. The fourth-order valence-electron chi connectivity index (χ4n) is 5.36. The van der Waals surface area contributed by atoms with E-state index in [-0.39, 0.29) is 5.41 Å². The summed E-state index contributed by atoms with van der Waals surface area (Å²) in [7, 11) is 0. The van der Waals surface area contributed by atoms with Crippen molar-refractivity contribution in [2.24, 2.45) is 23.7 Å². The van der Waals surface area contributed by atoms with Crippen LogP contribution in [0.15, 0.2) is 36.4 Å². The molecule has 0 radical (unpaired) electrons. The number of fused-ring (bicyclic) bond motifs is 2. The summed E-state index contributed by atoms with van der Waals surface area (Å²) in [5.74, 6) is 2.21. The molecule has 1 aromatic rings. The maximum absolute atomic E-state index is 11.3. The Kier molecular flexibility index (Phi) is 4.23. The molecule has 1 heterocycles. The van der Waals surface area contributed by atoms with Crippen molar-refractivity contribution in [2.45, 2.75) is 38.5 Å². The molecule has 2 fully saturated rings. The van der Waals surface area contributed by atoms with E-state index < -0.39 is 5.97 Å². The Morgan fingerprint density at radius 3 is 2.80 bits per heavy atom. The Hall–Kier alpha value is -1.61. The predicted molar refractivity (Wildman–Crippen MR) is 99.8 cm³/mol. The zero-order chi connectivity index (χ0) is 17.6. The van der Waals surface area contributed by atoms with Crippen LogP contribution in [0.1, 0.15) is 49.0 Å². The van der Waals surface area contributed by atoms with E-state index in [9.17, 15) is 9.90 Å². The average molecular weight is 339 g/mol. The number of nitrogens with zero attached hydrogens (tertiary/aromatic N) is 1. The van der Waals surface area contributed by atoms with E-state index in [2.05, 4.69) is 37.0 Å². The van der Waals surface area contributed by atoms with Crippen LogP contribution in [0.2, 0.25) is 0 Å². The summed E-state index contributed by atoms with van der Waals surface area (Å²) in [5.41, 5.74) is 1.65. The molecule has 2 bridgehead atoms. The number of rotatable bonds is 4. The SMILES string of the molecule is C[C@H]1CN(CC2CC3C=C[C@@H]2C3)CC[C@@]1(C)c1cccc(C(=O)O)c1. The first-order valence-corrected chi connectivity index (χ1v) is 9.70. The topological polar surface area (TPSA) is 40.5 Å². The Labute approximate surface area is 150 Å². The van der Waals surface area contributed by atoms with Crippen LogP contribution in [-0.4, -0.2) is 35.6 Å². The molecule has 3 aliphatic rings. The second kappa shape index (κ2) is 6.28. The summed E-state index contributed by atoms with van der Waals surface area (Å²) < 4.78 is 0. The molecule has 1 aromatic carbocycles. The molecule has 134 valence electrons. The maximum Gasteiger partial charge on any atom is 0.335 e. The highest BCUT2D eigenvalue weighted by Crippen LogP contribution is 2.45. The third-order valence-electron chi connectivity index (χ3n) is 7.25. The maximum atomic E-state index is 11.3. The van der Waals surface area contributed by atoms with Gasteiger partial charge in [0, 0.05) is 13.1 Å². The van der Waals surface area contributed by atoms with Gasteiger partial charge in [0.15, 0.2) is 0 Å². The van der Waals surface area contributed by atoms with Gasteiger partial charge >= 0.3 is 5.97 Å². The summed E-state index contributed by atoms with van der Waals surface area (Å²) in [5, 5.41) is 9.30. The van der Waals surface area contributed by atoms with E-state index >= 15 is 0 Å². The molecule has 4 rings (SSSR count). The molecular weight excluding hydrogens is 310 g/mol. The minimum absolute atomic E-state index is 0.0660. The summed E-state index contributed by atoms with van der Waals surface area (Å²) in [6.07, 6.45) is 8.74. The fraction of sp³-hybridized carbons (Fsp3) is 0.591. The lowest BCUT2D eigenvalue weighted by atomic mass is 9.67. The van der Waals surface area contributed by atoms with Crippen molar-refractivity contribution in [1.82, 2.24) is 4.90 Å². The zero-order valence-corrected chi connectivity index (χ0v) is 15.3. The van der Waals surface area contributed by atoms with Gasteiger partial charge in [0.2, 0.25) is 0 Å². The number of aromatic carboxylic acids is 1. The van der Waals surface area contributed by atoms with Crippen molar-refractivity contribution in [1.29, 1.82) is 0 Å². The van der Waals surface area contributed by atoms with E-state index in [0.717, 1.165) is 37.3 Å². The largest absolute Gasteiger partial charge is 0.478 e. The standard InChI is InChI=1S/C22H29NO2/c1-15-13-23(14-19-11-16-6-7-17(19)10-16)9-8-22(15,2)20-5-3-4-18(12-20)21(24)25/h3-7,12,15-17,19H,8-11,13-14H2,1-2H3,(H,24,25)/t15-,16?,17+,19?,22+/m0/s1. The first-order chi connectivity index (χ1) is 12.0. The minimum atomic E-state index is -0.833. The van der Waals surface area contributed by atoms with Gasteiger partial charge in [-0.05, 0) is 72.6 Å². The first-order valence-electron chi connectivity index (χ1n) is 9.70. The fourth-order valence-corrected chi connectivity index (χ4v) is 5.36. The normalized spacial score (nSPS) is 37.5. The monoisotopic (exact) mass is 339 g/mol. The lowest BCUT2D eigenvalue weighted by Gasteiger charge is -2.46. The Morgan fingerprint density at radius 1 is 1.32 bits per heavy atom. The van der Waals surface area contributed by atoms with Gasteiger partial charge in [0.05, 0.1) is 5.56 Å². The van der Waals surface area contributed by atoms with Crippen molar-refractivity contribution < 1.29 is 9.90 Å². The molecule has 25 heavy (non-hydrogen) atoms. The number of piperidine rings is 1. The van der Waals surface area contributed by atoms with Crippen molar-refractivity contribution >= 4 is 5.97 Å². The van der Waals surface area contributed by atoms with Crippen molar-refractivity contribution in [2.75, 3.05) is 19.6 Å². The van der Waals surface area contributed by atoms with Crippen LogP contribution in [0.25, 0.3) is 0 Å². The number of hydrogen-bond donors (Lipinski definition) is 1. The van der Waals surface area contributed by atoms with Crippen LogP contribution >= 0.6 is 0 Å². The van der Waals surface area contributed by atoms with Gasteiger partial charge < -0.3 is 10.0 Å². The Bertz CT molecular complexity index is 697. The molecule has 1 saturated heterocycles. The lowest BCUT2D eigenvalue weighted by molar-refractivity contribution is 0.0695. The summed E-state index contributed by atoms with van der Waals surface area (Å²) in [6.45, 7) is 8.12. The van der Waals surface area contributed by atoms with Gasteiger partial charge in [-0.3, -0.25) is 0 Å². The van der Waals surface area contributed by atoms with E-state index in [1.807, 2.05) is 12.1 Å². The molecule has 1 aliphatic heterocycles. The van der Waals surface area contributed by atoms with Crippen molar-refractivity contribution in [3.05, 3.63) is 47.5 Å². The van der Waals surface area contributed by atoms with Crippen LogP contribution in [-0.2, 0) is 5.41 Å². The number of likely N-dealkylation sites (tertiary alicyclic amines) is 1. The number of carbonyl (C=O) groups is 1. The molecule has 0 spiro atoms. The van der Waals surface area contributed by atoms with Crippen molar-refractivity contribution in [3.63, 3.8) is 0 Å². The highest BCUT2D eigenvalue weighted by Gasteiger charge is 2.41. The van der Waals surface area contributed by atoms with E-state index in [1.165, 1.54) is 24.9 Å². The molecule has 1 N–H and O–H groups in total. The molecule has 3 heteroatoms. The van der Waals surface area contributed by atoms with Crippen molar-refractivity contribution in [3.8, 4) is 0 Å². The third kappa shape index (κ3) is 3.03. The van der Waals surface area contributed by atoms with Crippen LogP contribution < -0.4 is 0 Å². The van der Waals surface area contributed by atoms with E-state index in [4.69, 9.17) is 0 Å². The minimum Gasteiger partial charge on any atom is -0.478 e. The average Bonchev–Trinajstić information content (AvgIpc) is 3.21. The third-order valence-corrected chi connectivity index (χ3v) is 7.25. The quantitative estimate of drug-likeness (QED) is 0.836. The van der Waals surface area contributed by atoms with Crippen LogP contribution in [0.4, 0.5) is 0 Å². The molecule has 3 nitrogen and oxygen atoms in total. The van der Waals surface area contributed by atoms with Crippen LogP contribution in [0, 0.1) is 23.7 Å². The molecule has 0 amide bonds. The number of carboxylic acids is 1. The van der Waals surface area contributed by atoms with E-state index in [1.54, 1.807) is 6.07 Å². The van der Waals surface area contributed by atoms with Gasteiger partial charge in [0.1, 0.15) is 0 Å². The second-order valence-corrected chi connectivity index (χ2v) is 8.75. The van der Waals surface area contributed by atoms with Gasteiger partial charge in [-0.2, -0.15) is 0 Å². The number of allylic oxidation sites excluding steroid dienone is 2. The van der Waals surface area contributed by atoms with Gasteiger partial charge in [-0.15, -0.1) is 0 Å². The lowest BCUT2D eigenvalue weighted by Crippen LogP contribution is -2.48. The smallest absolute Gasteiger partial charge is 0.335 e. The van der Waals surface area contributed by atoms with Gasteiger partial charge in [-0.25, -0.2) is 4.79 Å². The number of carboxylic acid groups (broad SMARTS) is 1. The van der Waals surface area contributed by atoms with Gasteiger partial charge in [-0.1, -0.05) is 38.1 Å². The predicted octanol–water partition coefficient (Wildman–Crippen LogP) is 4.20. The van der Waals surface area contributed by atoms with Gasteiger partial charge in [0.25, 0.3) is 0 Å². The molecule has 1 saturated carbocycles. The highest BCUT2D eigenvalue weighted by atomic mass is 16.4. The Morgan fingerprint density at radius 2 is 2.16 bits per heavy atom. The van der Waals surface area contributed by atoms with Crippen LogP contribution in [0.3, 0.4) is 0 Å². The Balaban J connectivity index is 1.44. The summed E-state index contributed by atoms with van der Waals surface area (Å²) in [4.78, 5) is 14.0. The first kappa shape index (κ1) is 16.8. The molecule has 5 atom stereocenters. The summed E-state index contributed by atoms with van der Waals surface area (Å²) >= 11 is 0. The van der Waals surface area contributed by atoms with Crippen LogP contribution in [0.5, 0.6) is 0 Å². The zero-order valence-electron chi connectivity index (χ0n) is 15.3. The molecule has 2 unspecified atom stereocenters. The molecular formula is C22H29NO2. The molecule has 2 aliphatic carbocycles. The molecule has 0 aromatic heterocycles. The number of hydrogen-bond acceptors (Lipinski definition) is 2. The van der Waals surface area contributed by atoms with E-state index in [0.29, 0.717) is 11.5 Å².